The van der Waals surface area contributed by atoms with Gasteiger partial charge in [-0.2, -0.15) is 0 Å². The van der Waals surface area contributed by atoms with E-state index in [9.17, 15) is 4.79 Å². The van der Waals surface area contributed by atoms with Crippen LogP contribution in [0.2, 0.25) is 0 Å². The Balaban J connectivity index is 1.10. The molecule has 8 heteroatoms. The molecule has 3 aromatic rings. The summed E-state index contributed by atoms with van der Waals surface area (Å²) in [7, 11) is 0. The number of carbonyl (C=O) groups is 1. The van der Waals surface area contributed by atoms with Gasteiger partial charge in [0.15, 0.2) is 5.16 Å². The SMILES string of the molecule is CC(C)c1nnc(SCC(=O)Nc2ccc(N3CCN(Cc4ccccc4)CC3)cc2)n1C1CC1. The van der Waals surface area contributed by atoms with Crippen molar-refractivity contribution in [3.8, 4) is 0 Å². The van der Waals surface area contributed by atoms with Crippen molar-refractivity contribution in [2.45, 2.75) is 50.4 Å². The first kappa shape index (κ1) is 23.9. The van der Waals surface area contributed by atoms with Gasteiger partial charge in [-0.25, -0.2) is 0 Å². The van der Waals surface area contributed by atoms with Crippen LogP contribution in [0.15, 0.2) is 59.8 Å². The second-order valence-electron chi connectivity index (χ2n) is 9.73. The Morgan fingerprint density at radius 3 is 2.37 bits per heavy atom. The van der Waals surface area contributed by atoms with Crippen molar-refractivity contribution < 1.29 is 4.79 Å². The van der Waals surface area contributed by atoms with E-state index in [-0.39, 0.29) is 5.91 Å². The van der Waals surface area contributed by atoms with Crippen LogP contribution >= 0.6 is 11.8 Å². The number of amides is 1. The quantitative estimate of drug-likeness (QED) is 0.435. The highest BCUT2D eigenvalue weighted by atomic mass is 32.2. The van der Waals surface area contributed by atoms with Crippen molar-refractivity contribution >= 4 is 29.0 Å². The molecule has 2 heterocycles. The van der Waals surface area contributed by atoms with Gasteiger partial charge in [-0.15, -0.1) is 10.2 Å². The third-order valence-corrected chi connectivity index (χ3v) is 7.53. The third kappa shape index (κ3) is 6.05. The lowest BCUT2D eigenvalue weighted by Gasteiger charge is -2.36. The van der Waals surface area contributed by atoms with Crippen LogP contribution in [0.1, 0.15) is 50.0 Å². The molecular weight excluding hydrogens is 456 g/mol. The lowest BCUT2D eigenvalue weighted by atomic mass is 10.2. The first-order valence-corrected chi connectivity index (χ1v) is 13.5. The van der Waals surface area contributed by atoms with Crippen LogP contribution in [0.3, 0.4) is 0 Å². The number of hydrogen-bond donors (Lipinski definition) is 1. The second kappa shape index (κ2) is 10.8. The second-order valence-corrected chi connectivity index (χ2v) is 10.7. The molecule has 1 aliphatic heterocycles. The zero-order valence-electron chi connectivity index (χ0n) is 20.6. The van der Waals surface area contributed by atoms with Gasteiger partial charge in [0, 0.05) is 56.1 Å². The molecule has 2 aromatic carbocycles. The predicted octanol–water partition coefficient (Wildman–Crippen LogP) is 4.79. The average Bonchev–Trinajstić information content (AvgIpc) is 3.62. The summed E-state index contributed by atoms with van der Waals surface area (Å²) in [6.45, 7) is 9.40. The van der Waals surface area contributed by atoms with E-state index in [4.69, 9.17) is 0 Å². The summed E-state index contributed by atoms with van der Waals surface area (Å²) >= 11 is 1.47. The number of nitrogens with zero attached hydrogens (tertiary/aromatic N) is 5. The van der Waals surface area contributed by atoms with Crippen molar-refractivity contribution in [2.75, 3.05) is 42.1 Å². The minimum atomic E-state index is -0.0197. The zero-order valence-corrected chi connectivity index (χ0v) is 21.4. The number of aromatic nitrogens is 3. The Kier molecular flexibility index (Phi) is 7.39. The lowest BCUT2D eigenvalue weighted by Crippen LogP contribution is -2.45. The fraction of sp³-hybridized carbons (Fsp3) is 0.444. The molecule has 1 saturated carbocycles. The normalized spacial score (nSPS) is 16.6. The minimum Gasteiger partial charge on any atom is -0.369 e. The number of nitrogens with one attached hydrogen (secondary N) is 1. The highest BCUT2D eigenvalue weighted by molar-refractivity contribution is 7.99. The summed E-state index contributed by atoms with van der Waals surface area (Å²) in [4.78, 5) is 17.5. The van der Waals surface area contributed by atoms with Gasteiger partial charge in [-0.1, -0.05) is 55.9 Å². The molecule has 1 N–H and O–H groups in total. The molecule has 5 rings (SSSR count). The van der Waals surface area contributed by atoms with E-state index in [0.717, 1.165) is 49.4 Å². The van der Waals surface area contributed by atoms with Gasteiger partial charge in [-0.05, 0) is 42.7 Å². The first-order chi connectivity index (χ1) is 17.1. The topological polar surface area (TPSA) is 66.3 Å². The van der Waals surface area contributed by atoms with Crippen LogP contribution in [-0.2, 0) is 11.3 Å². The molecule has 1 saturated heterocycles. The van der Waals surface area contributed by atoms with Crippen molar-refractivity contribution in [3.05, 3.63) is 66.0 Å². The van der Waals surface area contributed by atoms with Crippen molar-refractivity contribution in [3.63, 3.8) is 0 Å². The van der Waals surface area contributed by atoms with E-state index < -0.39 is 0 Å². The zero-order chi connectivity index (χ0) is 24.2. The van der Waals surface area contributed by atoms with E-state index in [0.29, 0.717) is 17.7 Å². The Morgan fingerprint density at radius 1 is 1.00 bits per heavy atom. The molecule has 184 valence electrons. The fourth-order valence-electron chi connectivity index (χ4n) is 4.54. The smallest absolute Gasteiger partial charge is 0.234 e. The molecule has 35 heavy (non-hydrogen) atoms. The standard InChI is InChI=1S/C27H34N6OS/c1-20(2)26-29-30-27(33(26)24-12-13-24)35-19-25(34)28-22-8-10-23(11-9-22)32-16-14-31(15-17-32)18-21-6-4-3-5-7-21/h3-11,20,24H,12-19H2,1-2H3,(H,28,34). The van der Waals surface area contributed by atoms with Crippen LogP contribution < -0.4 is 10.2 Å². The molecular formula is C27H34N6OS. The van der Waals surface area contributed by atoms with Crippen LogP contribution in [0, 0.1) is 0 Å². The maximum atomic E-state index is 12.6. The number of anilines is 2. The summed E-state index contributed by atoms with van der Waals surface area (Å²) in [5.74, 6) is 1.66. The van der Waals surface area contributed by atoms with Gasteiger partial charge in [0.2, 0.25) is 5.91 Å². The predicted molar refractivity (Wildman–Crippen MR) is 142 cm³/mol. The first-order valence-electron chi connectivity index (χ1n) is 12.6. The Bertz CT molecular complexity index is 1120. The van der Waals surface area contributed by atoms with Gasteiger partial charge in [0.05, 0.1) is 5.75 Å². The molecule has 0 atom stereocenters. The van der Waals surface area contributed by atoms with Gasteiger partial charge < -0.3 is 14.8 Å². The minimum absolute atomic E-state index is 0.0197. The van der Waals surface area contributed by atoms with E-state index in [1.165, 1.54) is 35.9 Å². The largest absolute Gasteiger partial charge is 0.369 e. The maximum Gasteiger partial charge on any atom is 0.234 e. The highest BCUT2D eigenvalue weighted by Gasteiger charge is 2.30. The van der Waals surface area contributed by atoms with Crippen molar-refractivity contribution in [1.29, 1.82) is 0 Å². The number of carbonyl (C=O) groups excluding carboxylic acids is 1. The molecule has 1 aliphatic carbocycles. The number of thioether (sulfide) groups is 1. The number of hydrogen-bond acceptors (Lipinski definition) is 6. The number of rotatable bonds is 9. The number of benzene rings is 2. The Morgan fingerprint density at radius 2 is 1.71 bits per heavy atom. The van der Waals surface area contributed by atoms with E-state index >= 15 is 0 Å². The monoisotopic (exact) mass is 490 g/mol. The molecule has 0 bridgehead atoms. The average molecular weight is 491 g/mol. The molecule has 7 nitrogen and oxygen atoms in total. The molecule has 0 radical (unpaired) electrons. The lowest BCUT2D eigenvalue weighted by molar-refractivity contribution is -0.113. The maximum absolute atomic E-state index is 12.6. The molecule has 0 spiro atoms. The summed E-state index contributed by atoms with van der Waals surface area (Å²) < 4.78 is 2.23. The van der Waals surface area contributed by atoms with E-state index in [1.807, 2.05) is 12.1 Å². The third-order valence-electron chi connectivity index (χ3n) is 6.59. The van der Waals surface area contributed by atoms with Crippen LogP contribution in [0.5, 0.6) is 0 Å². The Hall–Kier alpha value is -2.84. The van der Waals surface area contributed by atoms with Crippen molar-refractivity contribution in [1.82, 2.24) is 19.7 Å². The van der Waals surface area contributed by atoms with Gasteiger partial charge in [0.25, 0.3) is 0 Å². The van der Waals surface area contributed by atoms with Gasteiger partial charge >= 0.3 is 0 Å². The van der Waals surface area contributed by atoms with E-state index in [2.05, 4.69) is 86.2 Å². The van der Waals surface area contributed by atoms with Crippen LogP contribution in [0.25, 0.3) is 0 Å². The molecule has 1 amide bonds. The highest BCUT2D eigenvalue weighted by Crippen LogP contribution is 2.40. The summed E-state index contributed by atoms with van der Waals surface area (Å²) in [6.07, 6.45) is 2.35. The van der Waals surface area contributed by atoms with Crippen molar-refractivity contribution in [2.24, 2.45) is 0 Å². The van der Waals surface area contributed by atoms with Crippen LogP contribution in [-0.4, -0.2) is 57.5 Å². The Labute approximate surface area is 211 Å². The molecule has 2 aliphatic rings. The number of piperazine rings is 1. The molecule has 1 aromatic heterocycles. The summed E-state index contributed by atoms with van der Waals surface area (Å²) in [6, 6.07) is 19.4. The fourth-order valence-corrected chi connectivity index (χ4v) is 5.36. The van der Waals surface area contributed by atoms with Gasteiger partial charge in [0.1, 0.15) is 5.82 Å². The van der Waals surface area contributed by atoms with Gasteiger partial charge in [-0.3, -0.25) is 9.69 Å². The molecule has 2 fully saturated rings. The molecule has 0 unspecified atom stereocenters. The summed E-state index contributed by atoms with van der Waals surface area (Å²) in [5.41, 5.74) is 3.40. The van der Waals surface area contributed by atoms with E-state index in [1.54, 1.807) is 0 Å². The van der Waals surface area contributed by atoms with Crippen LogP contribution in [0.4, 0.5) is 11.4 Å². The summed E-state index contributed by atoms with van der Waals surface area (Å²) in [5, 5.41) is 12.6.